The Morgan fingerprint density at radius 3 is 2.74 bits per heavy atom. The van der Waals surface area contributed by atoms with Gasteiger partial charge in [0.15, 0.2) is 6.61 Å². The molecule has 0 radical (unpaired) electrons. The van der Waals surface area contributed by atoms with Crippen molar-refractivity contribution in [1.29, 1.82) is 0 Å². The van der Waals surface area contributed by atoms with Crippen LogP contribution in [0.5, 0.6) is 0 Å². The number of nitrogens with zero attached hydrogens (tertiary/aromatic N) is 2. The van der Waals surface area contributed by atoms with Crippen molar-refractivity contribution >= 4 is 24.0 Å². The van der Waals surface area contributed by atoms with E-state index in [0.29, 0.717) is 12.5 Å². The summed E-state index contributed by atoms with van der Waals surface area (Å²) in [5.41, 5.74) is 1.85. The van der Waals surface area contributed by atoms with Gasteiger partial charge >= 0.3 is 12.0 Å². The van der Waals surface area contributed by atoms with Gasteiger partial charge in [-0.25, -0.2) is 9.59 Å². The monoisotopic (exact) mass is 424 g/mol. The molecule has 1 heterocycles. The van der Waals surface area contributed by atoms with Crippen LogP contribution in [0.1, 0.15) is 43.7 Å². The summed E-state index contributed by atoms with van der Waals surface area (Å²) in [6.07, 6.45) is 10.4. The van der Waals surface area contributed by atoms with Gasteiger partial charge < -0.3 is 10.1 Å². The van der Waals surface area contributed by atoms with Crippen LogP contribution in [0.4, 0.5) is 4.79 Å². The van der Waals surface area contributed by atoms with E-state index in [1.54, 1.807) is 23.2 Å². The van der Waals surface area contributed by atoms with E-state index in [0.717, 1.165) is 36.8 Å². The molecule has 2 N–H and O–H groups in total. The molecule has 0 bridgehead atoms. The molecule has 8 nitrogen and oxygen atoms in total. The second kappa shape index (κ2) is 11.1. The predicted octanol–water partition coefficient (Wildman–Crippen LogP) is 2.89. The van der Waals surface area contributed by atoms with Gasteiger partial charge in [0.1, 0.15) is 0 Å². The molecule has 0 unspecified atom stereocenters. The molecule has 31 heavy (non-hydrogen) atoms. The van der Waals surface area contributed by atoms with Crippen LogP contribution in [-0.4, -0.2) is 40.3 Å². The van der Waals surface area contributed by atoms with Gasteiger partial charge in [-0.05, 0) is 30.4 Å². The van der Waals surface area contributed by atoms with Crippen molar-refractivity contribution < 1.29 is 19.1 Å². The van der Waals surface area contributed by atoms with Gasteiger partial charge in [0, 0.05) is 23.9 Å². The highest BCUT2D eigenvalue weighted by Crippen LogP contribution is 2.23. The fourth-order valence-electron chi connectivity index (χ4n) is 3.57. The van der Waals surface area contributed by atoms with Crippen LogP contribution in [0, 0.1) is 5.92 Å². The smallest absolute Gasteiger partial charge is 0.331 e. The molecule has 1 aliphatic carbocycles. The first kappa shape index (κ1) is 22.3. The van der Waals surface area contributed by atoms with Crippen molar-refractivity contribution in [2.75, 3.05) is 6.61 Å². The SMILES string of the molecule is C[C@@H]1CCCC[C@@H]1NC(=O)NC(=O)COC(=O)/C=C/c1cnn(Cc2ccccc2)c1. The Balaban J connectivity index is 1.38. The fraction of sp³-hybridized carbons (Fsp3) is 0.391. The zero-order valence-electron chi connectivity index (χ0n) is 17.6. The predicted molar refractivity (Wildman–Crippen MR) is 116 cm³/mol. The van der Waals surface area contributed by atoms with Crippen LogP contribution in [-0.2, 0) is 20.9 Å². The number of aromatic nitrogens is 2. The van der Waals surface area contributed by atoms with Crippen molar-refractivity contribution in [3.63, 3.8) is 0 Å². The Morgan fingerprint density at radius 2 is 1.97 bits per heavy atom. The molecule has 1 fully saturated rings. The van der Waals surface area contributed by atoms with Gasteiger partial charge in [-0.2, -0.15) is 5.10 Å². The van der Waals surface area contributed by atoms with Gasteiger partial charge in [0.2, 0.25) is 0 Å². The van der Waals surface area contributed by atoms with E-state index in [9.17, 15) is 14.4 Å². The summed E-state index contributed by atoms with van der Waals surface area (Å²) >= 11 is 0. The number of carbonyl (C=O) groups excluding carboxylic acids is 3. The zero-order valence-corrected chi connectivity index (χ0v) is 17.6. The lowest BCUT2D eigenvalue weighted by molar-refractivity contribution is -0.143. The summed E-state index contributed by atoms with van der Waals surface area (Å²) in [5, 5.41) is 9.27. The molecule has 1 aliphatic rings. The maximum atomic E-state index is 11.9. The number of imide groups is 1. The lowest BCUT2D eigenvalue weighted by Crippen LogP contribution is -2.48. The molecule has 2 aromatic rings. The Kier molecular flexibility index (Phi) is 7.98. The first-order chi connectivity index (χ1) is 15.0. The maximum Gasteiger partial charge on any atom is 0.331 e. The average molecular weight is 425 g/mol. The molecule has 0 spiro atoms. The lowest BCUT2D eigenvalue weighted by atomic mass is 9.86. The number of nitrogens with one attached hydrogen (secondary N) is 2. The number of rotatable bonds is 7. The summed E-state index contributed by atoms with van der Waals surface area (Å²) in [6, 6.07) is 9.41. The molecule has 8 heteroatoms. The maximum absolute atomic E-state index is 11.9. The molecule has 3 amide bonds. The van der Waals surface area contributed by atoms with Gasteiger partial charge in [0.05, 0.1) is 12.7 Å². The van der Waals surface area contributed by atoms with Crippen LogP contribution >= 0.6 is 0 Å². The van der Waals surface area contributed by atoms with Crippen molar-refractivity contribution in [2.24, 2.45) is 5.92 Å². The first-order valence-corrected chi connectivity index (χ1v) is 10.5. The number of amides is 3. The molecule has 1 saturated carbocycles. The van der Waals surface area contributed by atoms with Crippen LogP contribution in [0.25, 0.3) is 6.08 Å². The Hall–Kier alpha value is -3.42. The van der Waals surface area contributed by atoms with Crippen LogP contribution in [0.3, 0.4) is 0 Å². The molecule has 1 aromatic heterocycles. The highest BCUT2D eigenvalue weighted by molar-refractivity contribution is 5.96. The number of hydrogen-bond donors (Lipinski definition) is 2. The number of ether oxygens (including phenoxy) is 1. The molecule has 2 atom stereocenters. The molecular weight excluding hydrogens is 396 g/mol. The van der Waals surface area contributed by atoms with Gasteiger partial charge in [-0.1, -0.05) is 50.1 Å². The Morgan fingerprint density at radius 1 is 1.19 bits per heavy atom. The zero-order chi connectivity index (χ0) is 22.1. The van der Waals surface area contributed by atoms with E-state index in [2.05, 4.69) is 22.7 Å². The van der Waals surface area contributed by atoms with E-state index >= 15 is 0 Å². The van der Waals surface area contributed by atoms with Gasteiger partial charge in [-0.3, -0.25) is 14.8 Å². The lowest BCUT2D eigenvalue weighted by Gasteiger charge is -2.29. The third-order valence-corrected chi connectivity index (χ3v) is 5.28. The van der Waals surface area contributed by atoms with Crippen LogP contribution in [0.15, 0.2) is 48.8 Å². The second-order valence-electron chi connectivity index (χ2n) is 7.79. The van der Waals surface area contributed by atoms with E-state index in [4.69, 9.17) is 4.74 Å². The van der Waals surface area contributed by atoms with Crippen molar-refractivity contribution in [1.82, 2.24) is 20.4 Å². The normalized spacial score (nSPS) is 18.5. The average Bonchev–Trinajstić information content (AvgIpc) is 3.20. The fourth-order valence-corrected chi connectivity index (χ4v) is 3.57. The summed E-state index contributed by atoms with van der Waals surface area (Å²) in [7, 11) is 0. The Bertz CT molecular complexity index is 923. The summed E-state index contributed by atoms with van der Waals surface area (Å²) < 4.78 is 6.66. The Labute approximate surface area is 181 Å². The molecule has 3 rings (SSSR count). The van der Waals surface area contributed by atoms with Crippen molar-refractivity contribution in [2.45, 2.75) is 45.2 Å². The largest absolute Gasteiger partial charge is 0.452 e. The minimum Gasteiger partial charge on any atom is -0.452 e. The van der Waals surface area contributed by atoms with Crippen molar-refractivity contribution in [3.8, 4) is 0 Å². The first-order valence-electron chi connectivity index (χ1n) is 10.5. The number of esters is 1. The second-order valence-corrected chi connectivity index (χ2v) is 7.79. The van der Waals surface area contributed by atoms with Crippen LogP contribution < -0.4 is 10.6 Å². The number of benzene rings is 1. The van der Waals surface area contributed by atoms with E-state index in [1.807, 2.05) is 30.3 Å². The number of hydrogen-bond acceptors (Lipinski definition) is 5. The minimum atomic E-state index is -0.674. The van der Waals surface area contributed by atoms with Crippen LogP contribution in [0.2, 0.25) is 0 Å². The molecule has 164 valence electrons. The quantitative estimate of drug-likeness (QED) is 0.526. The number of urea groups is 1. The topological polar surface area (TPSA) is 102 Å². The van der Waals surface area contributed by atoms with E-state index in [1.165, 1.54) is 6.08 Å². The summed E-state index contributed by atoms with van der Waals surface area (Å²) in [5.74, 6) is -0.958. The van der Waals surface area contributed by atoms with Gasteiger partial charge in [-0.15, -0.1) is 0 Å². The number of carbonyl (C=O) groups is 3. The molecule has 0 aliphatic heterocycles. The summed E-state index contributed by atoms with van der Waals surface area (Å²) in [6.45, 7) is 2.19. The van der Waals surface area contributed by atoms with E-state index in [-0.39, 0.29) is 6.04 Å². The molecular formula is C23H28N4O4. The highest BCUT2D eigenvalue weighted by Gasteiger charge is 2.23. The third-order valence-electron chi connectivity index (χ3n) is 5.28. The highest BCUT2D eigenvalue weighted by atomic mass is 16.5. The standard InChI is InChI=1S/C23H28N4O4/c1-17-7-5-6-10-20(17)25-23(30)26-21(28)16-31-22(29)12-11-19-13-24-27(15-19)14-18-8-3-2-4-9-18/h2-4,8-9,11-13,15,17,20H,5-7,10,14,16H2,1H3,(H2,25,26,28,30)/b12-11+/t17-,20+/m1/s1. The van der Waals surface area contributed by atoms with E-state index < -0.39 is 24.5 Å². The van der Waals surface area contributed by atoms with Crippen molar-refractivity contribution in [3.05, 3.63) is 59.9 Å². The minimum absolute atomic E-state index is 0.0647. The summed E-state index contributed by atoms with van der Waals surface area (Å²) in [4.78, 5) is 35.6. The molecule has 1 aromatic carbocycles. The third kappa shape index (κ3) is 7.40. The molecule has 0 saturated heterocycles. The van der Waals surface area contributed by atoms with Gasteiger partial charge in [0.25, 0.3) is 5.91 Å².